The smallest absolute Gasteiger partial charge is 0.145 e. The minimum absolute atomic E-state index is 0.0206. The van der Waals surface area contributed by atoms with Gasteiger partial charge in [0.2, 0.25) is 0 Å². The number of aliphatic hydroxyl groups excluding tert-OH is 2. The summed E-state index contributed by atoms with van der Waals surface area (Å²) >= 11 is 6.09. The van der Waals surface area contributed by atoms with E-state index >= 15 is 0 Å². The van der Waals surface area contributed by atoms with Crippen molar-refractivity contribution in [3.05, 3.63) is 53.7 Å². The number of aliphatic hydroxyl groups is 2. The maximum atomic E-state index is 13.8. The first-order valence-electron chi connectivity index (χ1n) is 13.0. The topological polar surface area (TPSA) is 110 Å². The van der Waals surface area contributed by atoms with Gasteiger partial charge < -0.3 is 20.3 Å². The molecule has 1 saturated carbocycles. The molecule has 3 aromatic heterocycles. The minimum Gasteiger partial charge on any atom is -0.489 e. The molecule has 1 aromatic carbocycles. The highest BCUT2D eigenvalue weighted by Gasteiger charge is 2.27. The second-order valence-electron chi connectivity index (χ2n) is 9.63. The molecule has 0 amide bonds. The predicted octanol–water partition coefficient (Wildman–Crippen LogP) is 4.83. The summed E-state index contributed by atoms with van der Waals surface area (Å²) in [6.45, 7) is 3.01. The van der Waals surface area contributed by atoms with E-state index in [4.69, 9.17) is 26.5 Å². The van der Waals surface area contributed by atoms with Crippen molar-refractivity contribution in [1.29, 1.82) is 0 Å². The minimum atomic E-state index is -0.771. The SMILES string of the molecule is CCNc1cc2c(cn1)c(-c1cnn(CC[C@@H](O)CO)c1)nn2C1CCC(Oc2cccc(F)c2Cl)CC1. The Hall–Kier alpha value is -3.21. The standard InChI is InChI=1S/C27H32ClFN6O3/c1-2-30-25-12-23-21(14-31-25)27(17-13-32-34(15-17)11-10-19(37)16-36)33-35(23)18-6-8-20(9-7-18)38-24-5-3-4-22(29)26(24)28/h3-5,12-15,18-20,36-37H,2,6-11,16H2,1H3,(H,30,31)/t18?,19-,20?/m1/s1. The van der Waals surface area contributed by atoms with Gasteiger partial charge in [-0.25, -0.2) is 9.37 Å². The number of aromatic nitrogens is 5. The third-order valence-electron chi connectivity index (χ3n) is 6.96. The fourth-order valence-corrected chi connectivity index (χ4v) is 5.12. The summed E-state index contributed by atoms with van der Waals surface area (Å²) in [4.78, 5) is 4.58. The number of hydrogen-bond donors (Lipinski definition) is 3. The quantitative estimate of drug-likeness (QED) is 0.263. The molecular weight excluding hydrogens is 511 g/mol. The Balaban J connectivity index is 1.38. The number of anilines is 1. The Labute approximate surface area is 225 Å². The summed E-state index contributed by atoms with van der Waals surface area (Å²) in [7, 11) is 0. The van der Waals surface area contributed by atoms with E-state index in [1.165, 1.54) is 6.07 Å². The van der Waals surface area contributed by atoms with Crippen LogP contribution in [0.5, 0.6) is 5.75 Å². The van der Waals surface area contributed by atoms with Gasteiger partial charge in [0.15, 0.2) is 0 Å². The number of aryl methyl sites for hydroxylation is 1. The Morgan fingerprint density at radius 1 is 1.24 bits per heavy atom. The van der Waals surface area contributed by atoms with E-state index in [-0.39, 0.29) is 23.8 Å². The highest BCUT2D eigenvalue weighted by atomic mass is 35.5. The normalized spacial score (nSPS) is 18.6. The molecule has 1 atom stereocenters. The van der Waals surface area contributed by atoms with Gasteiger partial charge in [0, 0.05) is 42.5 Å². The van der Waals surface area contributed by atoms with Crippen LogP contribution < -0.4 is 10.1 Å². The van der Waals surface area contributed by atoms with Crippen LogP contribution in [0.1, 0.15) is 45.1 Å². The second kappa shape index (κ2) is 11.7. The summed E-state index contributed by atoms with van der Waals surface area (Å²) in [5.74, 6) is 0.692. The number of nitrogens with one attached hydrogen (secondary N) is 1. The van der Waals surface area contributed by atoms with E-state index in [9.17, 15) is 9.50 Å². The van der Waals surface area contributed by atoms with Crippen molar-refractivity contribution in [2.24, 2.45) is 0 Å². The van der Waals surface area contributed by atoms with E-state index in [0.717, 1.165) is 60.2 Å². The monoisotopic (exact) mass is 542 g/mol. The van der Waals surface area contributed by atoms with Crippen LogP contribution in [0.2, 0.25) is 5.02 Å². The Morgan fingerprint density at radius 3 is 2.82 bits per heavy atom. The highest BCUT2D eigenvalue weighted by molar-refractivity contribution is 6.32. The van der Waals surface area contributed by atoms with Crippen molar-refractivity contribution < 1.29 is 19.3 Å². The summed E-state index contributed by atoms with van der Waals surface area (Å²) in [5, 5.41) is 32.5. The van der Waals surface area contributed by atoms with Gasteiger partial charge in [0.1, 0.15) is 28.1 Å². The average molecular weight is 543 g/mol. The number of nitrogens with zero attached hydrogens (tertiary/aromatic N) is 5. The van der Waals surface area contributed by atoms with Gasteiger partial charge in [-0.15, -0.1) is 0 Å². The number of rotatable bonds is 10. The molecule has 3 N–H and O–H groups in total. The summed E-state index contributed by atoms with van der Waals surface area (Å²) in [6.07, 6.45) is 8.41. The van der Waals surface area contributed by atoms with Crippen LogP contribution in [0.25, 0.3) is 22.2 Å². The van der Waals surface area contributed by atoms with Crippen LogP contribution in [0, 0.1) is 5.82 Å². The highest BCUT2D eigenvalue weighted by Crippen LogP contribution is 2.37. The van der Waals surface area contributed by atoms with Crippen LogP contribution >= 0.6 is 11.6 Å². The molecule has 11 heteroatoms. The van der Waals surface area contributed by atoms with Gasteiger partial charge in [-0.2, -0.15) is 10.2 Å². The summed E-state index contributed by atoms with van der Waals surface area (Å²) < 4.78 is 23.7. The second-order valence-corrected chi connectivity index (χ2v) is 10.0. The fraction of sp³-hybridized carbons (Fsp3) is 0.444. The lowest BCUT2D eigenvalue weighted by molar-refractivity contribution is 0.0838. The number of ether oxygens (including phenoxy) is 1. The maximum Gasteiger partial charge on any atom is 0.145 e. The summed E-state index contributed by atoms with van der Waals surface area (Å²) in [6, 6.07) is 6.83. The number of fused-ring (bicyclic) bond motifs is 1. The molecule has 5 rings (SSSR count). The van der Waals surface area contributed by atoms with Crippen molar-refractivity contribution in [1.82, 2.24) is 24.5 Å². The predicted molar refractivity (Wildman–Crippen MR) is 144 cm³/mol. The Morgan fingerprint density at radius 2 is 2.05 bits per heavy atom. The molecule has 0 bridgehead atoms. The molecule has 0 saturated heterocycles. The number of halogens is 2. The Bertz CT molecular complexity index is 1380. The molecule has 0 spiro atoms. The molecule has 1 fully saturated rings. The van der Waals surface area contributed by atoms with Crippen molar-refractivity contribution in [2.45, 2.75) is 63.8 Å². The molecule has 202 valence electrons. The molecule has 1 aliphatic rings. The van der Waals surface area contributed by atoms with Gasteiger partial charge in [-0.3, -0.25) is 9.36 Å². The van der Waals surface area contributed by atoms with Crippen LogP contribution in [-0.4, -0.2) is 60.1 Å². The van der Waals surface area contributed by atoms with E-state index in [1.807, 2.05) is 25.4 Å². The lowest BCUT2D eigenvalue weighted by Crippen LogP contribution is -2.26. The van der Waals surface area contributed by atoms with Crippen LogP contribution in [0.3, 0.4) is 0 Å². The van der Waals surface area contributed by atoms with Gasteiger partial charge in [-0.05, 0) is 51.2 Å². The molecule has 4 aromatic rings. The molecule has 0 radical (unpaired) electrons. The zero-order valence-electron chi connectivity index (χ0n) is 21.2. The van der Waals surface area contributed by atoms with Gasteiger partial charge in [0.05, 0.1) is 36.6 Å². The molecule has 38 heavy (non-hydrogen) atoms. The molecule has 0 unspecified atom stereocenters. The van der Waals surface area contributed by atoms with Crippen molar-refractivity contribution in [2.75, 3.05) is 18.5 Å². The summed E-state index contributed by atoms with van der Waals surface area (Å²) in [5.41, 5.74) is 2.66. The van der Waals surface area contributed by atoms with E-state index in [2.05, 4.69) is 20.1 Å². The van der Waals surface area contributed by atoms with Gasteiger partial charge >= 0.3 is 0 Å². The van der Waals surface area contributed by atoms with E-state index < -0.39 is 11.9 Å². The van der Waals surface area contributed by atoms with E-state index in [1.54, 1.807) is 23.0 Å². The zero-order valence-corrected chi connectivity index (χ0v) is 22.0. The number of pyridine rings is 1. The first kappa shape index (κ1) is 26.4. The average Bonchev–Trinajstić information content (AvgIpc) is 3.55. The van der Waals surface area contributed by atoms with Crippen LogP contribution in [0.15, 0.2) is 42.9 Å². The molecule has 0 aliphatic heterocycles. The zero-order chi connectivity index (χ0) is 26.6. The van der Waals surface area contributed by atoms with E-state index in [0.29, 0.717) is 18.7 Å². The van der Waals surface area contributed by atoms with Crippen molar-refractivity contribution in [3.8, 4) is 17.0 Å². The van der Waals surface area contributed by atoms with Crippen LogP contribution in [-0.2, 0) is 6.54 Å². The third-order valence-corrected chi connectivity index (χ3v) is 7.32. The fourth-order valence-electron chi connectivity index (χ4n) is 4.94. The van der Waals surface area contributed by atoms with Gasteiger partial charge in [-0.1, -0.05) is 17.7 Å². The molecular formula is C27H32ClFN6O3. The third kappa shape index (κ3) is 5.62. The number of benzene rings is 1. The van der Waals surface area contributed by atoms with Gasteiger partial charge in [0.25, 0.3) is 0 Å². The largest absolute Gasteiger partial charge is 0.489 e. The Kier molecular flexibility index (Phi) is 8.11. The van der Waals surface area contributed by atoms with Crippen molar-refractivity contribution >= 4 is 28.3 Å². The van der Waals surface area contributed by atoms with Crippen LogP contribution in [0.4, 0.5) is 10.2 Å². The lowest BCUT2D eigenvalue weighted by atomic mass is 9.93. The first-order valence-corrected chi connectivity index (χ1v) is 13.4. The molecule has 3 heterocycles. The molecule has 1 aliphatic carbocycles. The molecule has 9 nitrogen and oxygen atoms in total. The van der Waals surface area contributed by atoms with Crippen molar-refractivity contribution in [3.63, 3.8) is 0 Å². The maximum absolute atomic E-state index is 13.8. The lowest BCUT2D eigenvalue weighted by Gasteiger charge is -2.29. The first-order chi connectivity index (χ1) is 18.5. The number of hydrogen-bond acceptors (Lipinski definition) is 7.